The Bertz CT molecular complexity index is 721. The fraction of sp³-hybridized carbons (Fsp3) is 0.571. The van der Waals surface area contributed by atoms with Crippen LogP contribution in [0.5, 0.6) is 0 Å². The minimum absolute atomic E-state index is 0.0292. The van der Waals surface area contributed by atoms with Crippen molar-refractivity contribution in [1.82, 2.24) is 4.90 Å². The molecule has 2 N–H and O–H groups in total. The van der Waals surface area contributed by atoms with Gasteiger partial charge in [0.2, 0.25) is 11.8 Å². The second-order valence-corrected chi connectivity index (χ2v) is 8.23. The molecule has 3 amide bonds. The number of hydrogen-bond donors (Lipinski definition) is 2. The summed E-state index contributed by atoms with van der Waals surface area (Å²) in [4.78, 5) is 37.8. The maximum absolute atomic E-state index is 12.4. The highest BCUT2D eigenvalue weighted by molar-refractivity contribution is 5.94. The number of carbonyl (C=O) groups is 3. The van der Waals surface area contributed by atoms with Crippen molar-refractivity contribution in [3.05, 3.63) is 24.3 Å². The molecule has 1 saturated heterocycles. The smallest absolute Gasteiger partial charge is 0.410 e. The molecule has 0 aromatic heterocycles. The van der Waals surface area contributed by atoms with Gasteiger partial charge >= 0.3 is 6.09 Å². The zero-order valence-electron chi connectivity index (χ0n) is 17.6. The average Bonchev–Trinajstić information content (AvgIpc) is 2.61. The van der Waals surface area contributed by atoms with Crippen molar-refractivity contribution in [1.29, 1.82) is 0 Å². The number of piperidine rings is 1. The standard InChI is InChI=1S/C21H31N3O5/c1-21(2,3)29-20(27)24-10-8-15(9-11-24)12-18(25)22-16-6-5-7-17(13-16)23-19(26)14-28-4/h5-7,13,15H,8-12,14H2,1-4H3,(H,22,25)(H,23,26). The maximum Gasteiger partial charge on any atom is 0.410 e. The molecule has 29 heavy (non-hydrogen) atoms. The van der Waals surface area contributed by atoms with E-state index in [9.17, 15) is 14.4 Å². The van der Waals surface area contributed by atoms with Crippen LogP contribution in [0.4, 0.5) is 16.2 Å². The predicted molar refractivity (Wildman–Crippen MR) is 111 cm³/mol. The van der Waals surface area contributed by atoms with Crippen LogP contribution in [-0.4, -0.2) is 55.2 Å². The second-order valence-electron chi connectivity index (χ2n) is 8.23. The monoisotopic (exact) mass is 405 g/mol. The van der Waals surface area contributed by atoms with Crippen LogP contribution in [0.25, 0.3) is 0 Å². The van der Waals surface area contributed by atoms with Crippen molar-refractivity contribution in [2.45, 2.75) is 45.6 Å². The van der Waals surface area contributed by atoms with E-state index in [1.807, 2.05) is 20.8 Å². The van der Waals surface area contributed by atoms with Crippen LogP contribution in [0.3, 0.4) is 0 Å². The lowest BCUT2D eigenvalue weighted by Crippen LogP contribution is -2.42. The van der Waals surface area contributed by atoms with Gasteiger partial charge in [0.15, 0.2) is 0 Å². The molecule has 0 unspecified atom stereocenters. The number of likely N-dealkylation sites (tertiary alicyclic amines) is 1. The molecular weight excluding hydrogens is 374 g/mol. The van der Waals surface area contributed by atoms with Crippen molar-refractivity contribution in [3.63, 3.8) is 0 Å². The molecule has 160 valence electrons. The van der Waals surface area contributed by atoms with E-state index in [1.54, 1.807) is 29.2 Å². The van der Waals surface area contributed by atoms with Gasteiger partial charge in [0.05, 0.1) is 0 Å². The number of amides is 3. The number of benzene rings is 1. The topological polar surface area (TPSA) is 97.0 Å². The minimum Gasteiger partial charge on any atom is -0.444 e. The first-order valence-corrected chi connectivity index (χ1v) is 9.83. The highest BCUT2D eigenvalue weighted by atomic mass is 16.6. The molecule has 1 aliphatic heterocycles. The number of anilines is 2. The number of ether oxygens (including phenoxy) is 2. The van der Waals surface area contributed by atoms with Crippen molar-refractivity contribution in [2.24, 2.45) is 5.92 Å². The zero-order chi connectivity index (χ0) is 21.4. The summed E-state index contributed by atoms with van der Waals surface area (Å²) in [5.74, 6) is -0.118. The van der Waals surface area contributed by atoms with Crippen LogP contribution in [0.2, 0.25) is 0 Å². The van der Waals surface area contributed by atoms with E-state index >= 15 is 0 Å². The predicted octanol–water partition coefficient (Wildman–Crippen LogP) is 3.25. The first-order valence-electron chi connectivity index (χ1n) is 9.83. The van der Waals surface area contributed by atoms with Crippen molar-refractivity contribution >= 4 is 29.3 Å². The normalized spacial score (nSPS) is 15.0. The molecular formula is C21H31N3O5. The van der Waals surface area contributed by atoms with Gasteiger partial charge in [-0.15, -0.1) is 0 Å². The van der Waals surface area contributed by atoms with E-state index in [4.69, 9.17) is 9.47 Å². The number of carbonyl (C=O) groups excluding carboxylic acids is 3. The van der Waals surface area contributed by atoms with Crippen LogP contribution in [0, 0.1) is 5.92 Å². The van der Waals surface area contributed by atoms with Gasteiger partial charge < -0.3 is 25.0 Å². The summed E-state index contributed by atoms with van der Waals surface area (Å²) in [7, 11) is 1.45. The Kier molecular flexibility index (Phi) is 8.01. The summed E-state index contributed by atoms with van der Waals surface area (Å²) >= 11 is 0. The first kappa shape index (κ1) is 22.7. The van der Waals surface area contributed by atoms with Gasteiger partial charge in [-0.3, -0.25) is 9.59 Å². The summed E-state index contributed by atoms with van der Waals surface area (Å²) in [6.07, 6.45) is 1.62. The molecule has 0 saturated carbocycles. The van der Waals surface area contributed by atoms with Crippen LogP contribution in [0.15, 0.2) is 24.3 Å². The van der Waals surface area contributed by atoms with Crippen molar-refractivity contribution in [2.75, 3.05) is 37.4 Å². The Morgan fingerprint density at radius 3 is 2.21 bits per heavy atom. The molecule has 1 aromatic rings. The Morgan fingerprint density at radius 2 is 1.66 bits per heavy atom. The van der Waals surface area contributed by atoms with Gasteiger partial charge in [-0.05, 0) is 57.7 Å². The number of rotatable bonds is 6. The van der Waals surface area contributed by atoms with Gasteiger partial charge in [0, 0.05) is 38.0 Å². The third-order valence-electron chi connectivity index (χ3n) is 4.45. The SMILES string of the molecule is COCC(=O)Nc1cccc(NC(=O)CC2CCN(C(=O)OC(C)(C)C)CC2)c1. The number of methoxy groups -OCH3 is 1. The molecule has 1 aliphatic rings. The van der Waals surface area contributed by atoms with E-state index in [0.29, 0.717) is 30.9 Å². The van der Waals surface area contributed by atoms with Crippen molar-refractivity contribution in [3.8, 4) is 0 Å². The van der Waals surface area contributed by atoms with Gasteiger partial charge in [0.1, 0.15) is 12.2 Å². The van der Waals surface area contributed by atoms with E-state index in [2.05, 4.69) is 10.6 Å². The van der Waals surface area contributed by atoms with E-state index < -0.39 is 5.60 Å². The molecule has 1 heterocycles. The summed E-state index contributed by atoms with van der Waals surface area (Å²) in [6.45, 7) is 6.69. The fourth-order valence-electron chi connectivity index (χ4n) is 3.12. The van der Waals surface area contributed by atoms with Crippen molar-refractivity contribution < 1.29 is 23.9 Å². The molecule has 1 fully saturated rings. The van der Waals surface area contributed by atoms with Crippen LogP contribution in [0.1, 0.15) is 40.0 Å². The molecule has 0 radical (unpaired) electrons. The van der Waals surface area contributed by atoms with Gasteiger partial charge in [-0.2, -0.15) is 0 Å². The Balaban J connectivity index is 1.79. The maximum atomic E-state index is 12.4. The molecule has 0 bridgehead atoms. The summed E-state index contributed by atoms with van der Waals surface area (Å²) in [5.41, 5.74) is 0.706. The van der Waals surface area contributed by atoms with Crippen LogP contribution >= 0.6 is 0 Å². The summed E-state index contributed by atoms with van der Waals surface area (Å²) < 4.78 is 10.2. The fourth-order valence-corrected chi connectivity index (χ4v) is 3.12. The Labute approximate surface area is 171 Å². The lowest BCUT2D eigenvalue weighted by Gasteiger charge is -2.33. The molecule has 8 nitrogen and oxygen atoms in total. The third-order valence-corrected chi connectivity index (χ3v) is 4.45. The molecule has 2 rings (SSSR count). The number of nitrogens with zero attached hydrogens (tertiary/aromatic N) is 1. The first-order chi connectivity index (χ1) is 13.7. The van der Waals surface area contributed by atoms with Gasteiger partial charge in [-0.25, -0.2) is 4.79 Å². The van der Waals surface area contributed by atoms with E-state index in [-0.39, 0.29) is 30.4 Å². The number of nitrogens with one attached hydrogen (secondary N) is 2. The lowest BCUT2D eigenvalue weighted by atomic mass is 9.93. The zero-order valence-corrected chi connectivity index (χ0v) is 17.6. The summed E-state index contributed by atoms with van der Waals surface area (Å²) in [5, 5.41) is 5.58. The highest BCUT2D eigenvalue weighted by Gasteiger charge is 2.27. The third kappa shape index (κ3) is 8.11. The Morgan fingerprint density at radius 1 is 1.07 bits per heavy atom. The molecule has 1 aromatic carbocycles. The van der Waals surface area contributed by atoms with Gasteiger partial charge in [-0.1, -0.05) is 6.07 Å². The van der Waals surface area contributed by atoms with E-state index in [1.165, 1.54) is 7.11 Å². The Hall–Kier alpha value is -2.61. The highest BCUT2D eigenvalue weighted by Crippen LogP contribution is 2.23. The molecule has 0 atom stereocenters. The molecule has 0 aliphatic carbocycles. The van der Waals surface area contributed by atoms with Crippen LogP contribution < -0.4 is 10.6 Å². The summed E-state index contributed by atoms with van der Waals surface area (Å²) in [6, 6.07) is 6.98. The molecule has 8 heteroatoms. The minimum atomic E-state index is -0.509. The average molecular weight is 405 g/mol. The largest absolute Gasteiger partial charge is 0.444 e. The second kappa shape index (κ2) is 10.2. The number of hydrogen-bond acceptors (Lipinski definition) is 5. The van der Waals surface area contributed by atoms with E-state index in [0.717, 1.165) is 12.8 Å². The van der Waals surface area contributed by atoms with Crippen LogP contribution in [-0.2, 0) is 19.1 Å². The quantitative estimate of drug-likeness (QED) is 0.757. The lowest BCUT2D eigenvalue weighted by molar-refractivity contribution is -0.119. The van der Waals surface area contributed by atoms with Gasteiger partial charge in [0.25, 0.3) is 0 Å². The molecule has 0 spiro atoms.